The van der Waals surface area contributed by atoms with Crippen LogP contribution in [0.15, 0.2) is 17.0 Å². The second-order valence-corrected chi connectivity index (χ2v) is 7.28. The highest BCUT2D eigenvalue weighted by Crippen LogP contribution is 2.32. The van der Waals surface area contributed by atoms with Crippen molar-refractivity contribution in [2.24, 2.45) is 0 Å². The van der Waals surface area contributed by atoms with Gasteiger partial charge in [-0.3, -0.25) is 0 Å². The van der Waals surface area contributed by atoms with E-state index >= 15 is 0 Å². The maximum Gasteiger partial charge on any atom is 0.246 e. The van der Waals surface area contributed by atoms with E-state index in [0.29, 0.717) is 12.1 Å². The first-order valence-corrected chi connectivity index (χ1v) is 8.48. The van der Waals surface area contributed by atoms with Crippen molar-refractivity contribution in [2.75, 3.05) is 13.6 Å². The molecule has 1 aliphatic rings. The summed E-state index contributed by atoms with van der Waals surface area (Å²) in [6, 6.07) is 2.16. The Kier molecular flexibility index (Phi) is 4.95. The van der Waals surface area contributed by atoms with Gasteiger partial charge in [-0.25, -0.2) is 17.2 Å². The van der Waals surface area contributed by atoms with E-state index < -0.39 is 26.6 Å². The van der Waals surface area contributed by atoms with E-state index in [-0.39, 0.29) is 6.04 Å². The second kappa shape index (κ2) is 6.37. The maximum atomic E-state index is 13.9. The quantitative estimate of drug-likeness (QED) is 0.785. The summed E-state index contributed by atoms with van der Waals surface area (Å²) in [5.74, 6) is -2.43. The lowest BCUT2D eigenvalue weighted by molar-refractivity contribution is 0.444. The molecule has 0 heterocycles. The largest absolute Gasteiger partial charge is 0.313 e. The van der Waals surface area contributed by atoms with Gasteiger partial charge in [0.15, 0.2) is 11.6 Å². The van der Waals surface area contributed by atoms with E-state index in [1.807, 2.05) is 6.92 Å². The molecule has 4 nitrogen and oxygen atoms in total. The molecule has 1 aliphatic carbocycles. The summed E-state index contributed by atoms with van der Waals surface area (Å²) in [4.78, 5) is -0.579. The molecule has 1 N–H and O–H groups in total. The van der Waals surface area contributed by atoms with Crippen molar-refractivity contribution in [3.05, 3.63) is 29.3 Å². The third-order valence-corrected chi connectivity index (χ3v) is 5.44. The van der Waals surface area contributed by atoms with Gasteiger partial charge in [-0.15, -0.1) is 0 Å². The summed E-state index contributed by atoms with van der Waals surface area (Å²) in [6.45, 7) is 3.02. The van der Waals surface area contributed by atoms with Crippen molar-refractivity contribution in [3.8, 4) is 0 Å². The lowest BCUT2D eigenvalue weighted by atomic mass is 10.2. The second-order valence-electron chi connectivity index (χ2n) is 5.32. The van der Waals surface area contributed by atoms with Crippen LogP contribution in [-0.2, 0) is 16.6 Å². The molecule has 1 fully saturated rings. The van der Waals surface area contributed by atoms with Gasteiger partial charge in [0, 0.05) is 19.6 Å². The smallest absolute Gasteiger partial charge is 0.246 e. The molecule has 1 aromatic carbocycles. The molecule has 0 atom stereocenters. The Balaban J connectivity index is 2.33. The van der Waals surface area contributed by atoms with Crippen LogP contribution in [0.1, 0.15) is 31.7 Å². The highest BCUT2D eigenvalue weighted by Gasteiger charge is 2.37. The summed E-state index contributed by atoms with van der Waals surface area (Å²) in [6.07, 6.45) is 2.43. The summed E-state index contributed by atoms with van der Waals surface area (Å²) in [7, 11) is -2.58. The fourth-order valence-electron chi connectivity index (χ4n) is 2.11. The molecule has 7 heteroatoms. The Morgan fingerprint density at radius 1 is 1.33 bits per heavy atom. The van der Waals surface area contributed by atoms with Gasteiger partial charge < -0.3 is 5.32 Å². The topological polar surface area (TPSA) is 49.4 Å². The van der Waals surface area contributed by atoms with E-state index in [9.17, 15) is 17.2 Å². The molecule has 0 unspecified atom stereocenters. The van der Waals surface area contributed by atoms with Crippen molar-refractivity contribution in [1.29, 1.82) is 0 Å². The predicted octanol–water partition coefficient (Wildman–Crippen LogP) is 2.25. The van der Waals surface area contributed by atoms with Gasteiger partial charge in [-0.05, 0) is 43.5 Å². The normalized spacial score (nSPS) is 15.7. The molecule has 1 saturated carbocycles. The number of hydrogen-bond acceptors (Lipinski definition) is 3. The molecular weight excluding hydrogens is 298 g/mol. The van der Waals surface area contributed by atoms with E-state index in [0.717, 1.165) is 36.2 Å². The molecule has 0 bridgehead atoms. The summed E-state index contributed by atoms with van der Waals surface area (Å²) >= 11 is 0. The van der Waals surface area contributed by atoms with Crippen LogP contribution in [0.2, 0.25) is 0 Å². The van der Waals surface area contributed by atoms with Crippen molar-refractivity contribution in [1.82, 2.24) is 9.62 Å². The summed E-state index contributed by atoms with van der Waals surface area (Å²) < 4.78 is 53.5. The number of rotatable bonds is 7. The van der Waals surface area contributed by atoms with Crippen molar-refractivity contribution in [3.63, 3.8) is 0 Å². The monoisotopic (exact) mass is 318 g/mol. The first-order valence-electron chi connectivity index (χ1n) is 7.04. The van der Waals surface area contributed by atoms with Crippen LogP contribution < -0.4 is 5.32 Å². The van der Waals surface area contributed by atoms with E-state index in [4.69, 9.17) is 0 Å². The van der Waals surface area contributed by atoms with Crippen LogP contribution in [0.25, 0.3) is 0 Å². The van der Waals surface area contributed by atoms with Gasteiger partial charge >= 0.3 is 0 Å². The molecule has 0 aromatic heterocycles. The molecule has 21 heavy (non-hydrogen) atoms. The van der Waals surface area contributed by atoms with E-state index in [2.05, 4.69) is 5.32 Å². The summed E-state index contributed by atoms with van der Waals surface area (Å²) in [5.41, 5.74) is 0.421. The molecule has 0 aliphatic heterocycles. The number of sulfonamides is 1. The average molecular weight is 318 g/mol. The predicted molar refractivity (Wildman–Crippen MR) is 76.3 cm³/mol. The van der Waals surface area contributed by atoms with E-state index in [1.54, 1.807) is 0 Å². The number of nitrogens with zero attached hydrogens (tertiary/aromatic N) is 1. The van der Waals surface area contributed by atoms with Gasteiger partial charge in [0.2, 0.25) is 10.0 Å². The van der Waals surface area contributed by atoms with Crippen LogP contribution in [0.5, 0.6) is 0 Å². The van der Waals surface area contributed by atoms with Gasteiger partial charge in [0.05, 0.1) is 0 Å². The maximum absolute atomic E-state index is 13.9. The van der Waals surface area contributed by atoms with Crippen LogP contribution in [0.4, 0.5) is 8.78 Å². The Morgan fingerprint density at radius 3 is 2.57 bits per heavy atom. The zero-order valence-corrected chi connectivity index (χ0v) is 13.0. The first kappa shape index (κ1) is 16.3. The summed E-state index contributed by atoms with van der Waals surface area (Å²) in [5, 5.41) is 3.04. The minimum absolute atomic E-state index is 0.0978. The fourth-order valence-corrected chi connectivity index (χ4v) is 3.64. The molecule has 0 saturated heterocycles. The number of halogens is 2. The van der Waals surface area contributed by atoms with Gasteiger partial charge in [0.1, 0.15) is 4.90 Å². The Labute approximate surface area is 124 Å². The highest BCUT2D eigenvalue weighted by atomic mass is 32.2. The minimum Gasteiger partial charge on any atom is -0.313 e. The zero-order valence-electron chi connectivity index (χ0n) is 12.2. The van der Waals surface area contributed by atoms with Crippen LogP contribution in [-0.4, -0.2) is 32.4 Å². The highest BCUT2D eigenvalue weighted by molar-refractivity contribution is 7.89. The van der Waals surface area contributed by atoms with Gasteiger partial charge in [-0.2, -0.15) is 4.31 Å². The molecule has 2 rings (SSSR count). The van der Waals surface area contributed by atoms with Crippen molar-refractivity contribution >= 4 is 10.0 Å². The number of hydrogen-bond donors (Lipinski definition) is 1. The molecule has 1 aromatic rings. The molecular formula is C14H20F2N2O2S. The third kappa shape index (κ3) is 3.59. The van der Waals surface area contributed by atoms with Crippen molar-refractivity contribution < 1.29 is 17.2 Å². The molecule has 118 valence electrons. The SMILES string of the molecule is CCCNCc1cc(F)c(F)c(S(=O)(=O)N(C)C2CC2)c1. The Morgan fingerprint density at radius 2 is 2.00 bits per heavy atom. The lowest BCUT2D eigenvalue weighted by Crippen LogP contribution is -2.30. The van der Waals surface area contributed by atoms with Crippen LogP contribution in [0, 0.1) is 11.6 Å². The van der Waals surface area contributed by atoms with Gasteiger partial charge in [-0.1, -0.05) is 6.92 Å². The molecule has 0 amide bonds. The van der Waals surface area contributed by atoms with Crippen LogP contribution >= 0.6 is 0 Å². The van der Waals surface area contributed by atoms with Gasteiger partial charge in [0.25, 0.3) is 0 Å². The molecule has 0 spiro atoms. The Hall–Kier alpha value is -1.05. The standard InChI is InChI=1S/C14H20F2N2O2S/c1-3-6-17-9-10-7-12(15)14(16)13(8-10)21(19,20)18(2)11-4-5-11/h7-8,11,17H,3-6,9H2,1-2H3. The average Bonchev–Trinajstić information content (AvgIpc) is 3.26. The minimum atomic E-state index is -3.99. The Bertz CT molecular complexity index is 616. The number of benzene rings is 1. The fraction of sp³-hybridized carbons (Fsp3) is 0.571. The zero-order chi connectivity index (χ0) is 15.6. The van der Waals surface area contributed by atoms with Crippen LogP contribution in [0.3, 0.4) is 0 Å². The third-order valence-electron chi connectivity index (χ3n) is 3.53. The molecule has 0 radical (unpaired) electrons. The number of nitrogens with one attached hydrogen (secondary N) is 1. The first-order chi connectivity index (χ1) is 9.87. The van der Waals surface area contributed by atoms with Crippen molar-refractivity contribution in [2.45, 2.75) is 43.7 Å². The lowest BCUT2D eigenvalue weighted by Gasteiger charge is -2.18. The van der Waals surface area contributed by atoms with E-state index in [1.165, 1.54) is 13.1 Å².